The molecule has 3 aromatic carbocycles. The zero-order valence-electron chi connectivity index (χ0n) is 18.0. The summed E-state index contributed by atoms with van der Waals surface area (Å²) in [7, 11) is -9.28. The van der Waals surface area contributed by atoms with Crippen LogP contribution in [0.5, 0.6) is 23.0 Å². The van der Waals surface area contributed by atoms with Crippen LogP contribution in [0.25, 0.3) is 0 Å². The average molecular weight is 545 g/mol. The number of rotatable bonds is 0. The summed E-state index contributed by atoms with van der Waals surface area (Å²) in [6.45, 7) is 0. The Morgan fingerprint density at radius 2 is 1.08 bits per heavy atom. The van der Waals surface area contributed by atoms with Gasteiger partial charge in [0.25, 0.3) is 0 Å². The van der Waals surface area contributed by atoms with E-state index in [1.54, 1.807) is 24.3 Å². The number of hydrogen-bond donors (Lipinski definition) is 9. The van der Waals surface area contributed by atoms with E-state index < -0.39 is 27.2 Å². The maximum atomic E-state index is 12.5. The SMILES string of the molecule is N.O=C1OC2(c3ccc(O)cc3Oc3cc(O)ccc32)c2ccccc21.O=P(O)(O)O.O=P(O)(O)O. The van der Waals surface area contributed by atoms with E-state index in [0.29, 0.717) is 33.8 Å². The van der Waals surface area contributed by atoms with Crippen LogP contribution in [0.1, 0.15) is 27.0 Å². The highest BCUT2D eigenvalue weighted by Crippen LogP contribution is 2.56. The van der Waals surface area contributed by atoms with Crippen molar-refractivity contribution in [1.82, 2.24) is 6.15 Å². The van der Waals surface area contributed by atoms with Crippen molar-refractivity contribution in [2.24, 2.45) is 0 Å². The molecule has 0 saturated heterocycles. The van der Waals surface area contributed by atoms with Crippen molar-refractivity contribution < 1.29 is 63.0 Å². The Morgan fingerprint density at radius 3 is 1.53 bits per heavy atom. The van der Waals surface area contributed by atoms with Crippen LogP contribution in [0.15, 0.2) is 60.7 Å². The number of phenolic OH excluding ortho intramolecular Hbond substituents is 2. The summed E-state index contributed by atoms with van der Waals surface area (Å²) < 4.78 is 29.5. The summed E-state index contributed by atoms with van der Waals surface area (Å²) in [6.07, 6.45) is 0. The number of aromatic hydroxyl groups is 2. The molecule has 1 spiro atoms. The van der Waals surface area contributed by atoms with Gasteiger partial charge in [-0.1, -0.05) is 18.2 Å². The molecule has 194 valence electrons. The van der Waals surface area contributed by atoms with Gasteiger partial charge in [0.15, 0.2) is 5.60 Å². The number of carbonyl (C=O) groups is 1. The lowest BCUT2D eigenvalue weighted by Gasteiger charge is -2.36. The van der Waals surface area contributed by atoms with Gasteiger partial charge in [-0.2, -0.15) is 0 Å². The minimum absolute atomic E-state index is 0. The Labute approximate surface area is 202 Å². The number of benzene rings is 3. The largest absolute Gasteiger partial charge is 0.508 e. The van der Waals surface area contributed by atoms with Gasteiger partial charge in [0.05, 0.1) is 5.56 Å². The van der Waals surface area contributed by atoms with Crippen LogP contribution in [0, 0.1) is 0 Å². The second-order valence-corrected chi connectivity index (χ2v) is 9.16. The predicted molar refractivity (Wildman–Crippen MR) is 122 cm³/mol. The van der Waals surface area contributed by atoms with Gasteiger partial charge in [0, 0.05) is 28.8 Å². The van der Waals surface area contributed by atoms with Gasteiger partial charge < -0.3 is 55.2 Å². The molecule has 36 heavy (non-hydrogen) atoms. The summed E-state index contributed by atoms with van der Waals surface area (Å²) in [5, 5.41) is 19.7. The number of hydrogen-bond acceptors (Lipinski definition) is 8. The maximum Gasteiger partial charge on any atom is 0.466 e. The smallest absolute Gasteiger partial charge is 0.466 e. The molecular weight excluding hydrogens is 524 g/mol. The Hall–Kier alpha value is -3.29. The first-order valence-corrected chi connectivity index (χ1v) is 12.5. The Morgan fingerprint density at radius 1 is 0.667 bits per heavy atom. The maximum absolute atomic E-state index is 12.5. The molecule has 0 aromatic heterocycles. The van der Waals surface area contributed by atoms with Crippen molar-refractivity contribution >= 4 is 21.6 Å². The van der Waals surface area contributed by atoms with Gasteiger partial charge in [-0.05, 0) is 30.3 Å². The van der Waals surface area contributed by atoms with E-state index in [-0.39, 0.29) is 17.6 Å². The summed E-state index contributed by atoms with van der Waals surface area (Å²) in [5.41, 5.74) is 1.28. The molecule has 2 heterocycles. The van der Waals surface area contributed by atoms with Gasteiger partial charge in [-0.15, -0.1) is 0 Å². The molecule has 0 fully saturated rings. The van der Waals surface area contributed by atoms with Gasteiger partial charge in [0.2, 0.25) is 0 Å². The van der Waals surface area contributed by atoms with Crippen molar-refractivity contribution in [1.29, 1.82) is 0 Å². The van der Waals surface area contributed by atoms with E-state index in [0.717, 1.165) is 0 Å². The molecular formula is C20H21NO13P2. The summed E-state index contributed by atoms with van der Waals surface area (Å²) in [4.78, 5) is 55.7. The van der Waals surface area contributed by atoms with Crippen LogP contribution in [0.4, 0.5) is 0 Å². The van der Waals surface area contributed by atoms with E-state index in [9.17, 15) is 15.0 Å². The standard InChI is InChI=1S/C20H12O5.H3N.2H3O4P/c21-11-5-7-15-17(9-11)24-18-10-12(22)6-8-16(18)20(15)14-4-2-1-3-13(14)19(23)25-20;;2*1-5(2,3)4/h1-10,21-22H;1H3;2*(H3,1,2,3,4). The van der Waals surface area contributed by atoms with Crippen LogP contribution < -0.4 is 10.9 Å². The van der Waals surface area contributed by atoms with Crippen LogP contribution in [0.2, 0.25) is 0 Å². The van der Waals surface area contributed by atoms with Gasteiger partial charge >= 0.3 is 21.6 Å². The van der Waals surface area contributed by atoms with E-state index in [1.165, 1.54) is 24.3 Å². The number of esters is 1. The number of phosphoric acid groups is 2. The van der Waals surface area contributed by atoms with Gasteiger partial charge in [-0.25, -0.2) is 13.9 Å². The second kappa shape index (κ2) is 10.4. The number of fused-ring (bicyclic) bond motifs is 6. The Kier molecular flexibility index (Phi) is 8.33. The fourth-order valence-corrected chi connectivity index (χ4v) is 3.65. The lowest BCUT2D eigenvalue weighted by atomic mass is 9.77. The third kappa shape index (κ3) is 6.47. The highest BCUT2D eigenvalue weighted by atomic mass is 31.2. The molecule has 5 rings (SSSR count). The first-order valence-electron chi connectivity index (χ1n) is 9.34. The topological polar surface area (TPSA) is 267 Å². The molecule has 0 unspecified atom stereocenters. The fourth-order valence-electron chi connectivity index (χ4n) is 3.65. The quantitative estimate of drug-likeness (QED) is 0.144. The summed E-state index contributed by atoms with van der Waals surface area (Å²) in [5.74, 6) is 0.408. The molecule has 0 amide bonds. The van der Waals surface area contributed by atoms with Crippen molar-refractivity contribution in [3.63, 3.8) is 0 Å². The zero-order valence-corrected chi connectivity index (χ0v) is 19.8. The van der Waals surface area contributed by atoms with Crippen LogP contribution >= 0.6 is 15.6 Å². The van der Waals surface area contributed by atoms with Gasteiger partial charge in [-0.3, -0.25) is 0 Å². The van der Waals surface area contributed by atoms with Crippen LogP contribution in [-0.4, -0.2) is 45.5 Å². The molecule has 0 aliphatic carbocycles. The minimum atomic E-state index is -4.64. The highest BCUT2D eigenvalue weighted by molar-refractivity contribution is 7.45. The van der Waals surface area contributed by atoms with Crippen molar-refractivity contribution in [3.05, 3.63) is 82.9 Å². The van der Waals surface area contributed by atoms with Crippen LogP contribution in [0.3, 0.4) is 0 Å². The van der Waals surface area contributed by atoms with Crippen molar-refractivity contribution in [2.75, 3.05) is 0 Å². The molecule has 2 aliphatic rings. The molecule has 11 N–H and O–H groups in total. The Bertz CT molecular complexity index is 1290. The van der Waals surface area contributed by atoms with Gasteiger partial charge in [0.1, 0.15) is 23.0 Å². The van der Waals surface area contributed by atoms with Crippen molar-refractivity contribution in [3.8, 4) is 23.0 Å². The Balaban J connectivity index is 0.000000357. The summed E-state index contributed by atoms with van der Waals surface area (Å²) >= 11 is 0. The lowest BCUT2D eigenvalue weighted by molar-refractivity contribution is 0.0224. The first kappa shape index (κ1) is 28.9. The normalized spacial score (nSPS) is 14.2. The van der Waals surface area contributed by atoms with E-state index in [4.69, 9.17) is 48.0 Å². The van der Waals surface area contributed by atoms with E-state index in [1.807, 2.05) is 12.1 Å². The molecule has 0 radical (unpaired) electrons. The van der Waals surface area contributed by atoms with E-state index >= 15 is 0 Å². The fraction of sp³-hybridized carbons (Fsp3) is 0.0500. The molecule has 0 bridgehead atoms. The van der Waals surface area contributed by atoms with Crippen molar-refractivity contribution in [2.45, 2.75) is 5.60 Å². The molecule has 0 saturated carbocycles. The molecule has 14 nitrogen and oxygen atoms in total. The lowest BCUT2D eigenvalue weighted by Crippen LogP contribution is -2.32. The molecule has 0 atom stereocenters. The highest BCUT2D eigenvalue weighted by Gasteiger charge is 2.53. The van der Waals surface area contributed by atoms with E-state index in [2.05, 4.69) is 0 Å². The monoisotopic (exact) mass is 545 g/mol. The number of carbonyl (C=O) groups excluding carboxylic acids is 1. The molecule has 3 aromatic rings. The molecule has 2 aliphatic heterocycles. The predicted octanol–water partition coefficient (Wildman–Crippen LogP) is 1.97. The second-order valence-electron chi connectivity index (χ2n) is 7.11. The number of phenols is 2. The zero-order chi connectivity index (χ0) is 26.2. The number of ether oxygens (including phenoxy) is 2. The first-order chi connectivity index (χ1) is 16.1. The van der Waals surface area contributed by atoms with Crippen LogP contribution in [-0.2, 0) is 19.5 Å². The average Bonchev–Trinajstić information content (AvgIpc) is 2.99. The third-order valence-electron chi connectivity index (χ3n) is 4.68. The minimum Gasteiger partial charge on any atom is -0.508 e. The third-order valence-corrected chi connectivity index (χ3v) is 4.68. The molecule has 16 heteroatoms. The summed E-state index contributed by atoms with van der Waals surface area (Å²) in [6, 6.07) is 16.6.